The molecule has 3 heterocycles. The second-order valence-corrected chi connectivity index (χ2v) is 9.09. The predicted octanol–water partition coefficient (Wildman–Crippen LogP) is 4.04. The van der Waals surface area contributed by atoms with E-state index in [4.69, 9.17) is 9.72 Å². The normalized spacial score (nSPS) is 20.4. The van der Waals surface area contributed by atoms with Crippen LogP contribution in [-0.4, -0.2) is 31.5 Å². The Bertz CT molecular complexity index is 1060. The van der Waals surface area contributed by atoms with Gasteiger partial charge in [0.15, 0.2) is 0 Å². The largest absolute Gasteiger partial charge is 0.368 e. The number of hydrogen-bond donors (Lipinski definition) is 0. The Kier molecular flexibility index (Phi) is 5.05. The van der Waals surface area contributed by atoms with Crippen molar-refractivity contribution in [3.8, 4) is 0 Å². The van der Waals surface area contributed by atoms with Crippen molar-refractivity contribution in [3.05, 3.63) is 82.4 Å². The van der Waals surface area contributed by atoms with Crippen LogP contribution < -0.4 is 5.56 Å². The van der Waals surface area contributed by atoms with Crippen molar-refractivity contribution in [2.75, 3.05) is 0 Å². The molecule has 1 aliphatic rings. The van der Waals surface area contributed by atoms with Gasteiger partial charge in [0.05, 0.1) is 16.9 Å². The molecule has 2 aromatic heterocycles. The fourth-order valence-electron chi connectivity index (χ4n) is 4.59. The number of fused-ring (bicyclic) bond motifs is 1. The van der Waals surface area contributed by atoms with Crippen LogP contribution in [0, 0.1) is 0 Å². The fourth-order valence-corrected chi connectivity index (χ4v) is 4.59. The summed E-state index contributed by atoms with van der Waals surface area (Å²) in [4.78, 5) is 19.7. The predicted molar refractivity (Wildman–Crippen MR) is 115 cm³/mol. The fraction of sp³-hybridized carbons (Fsp3) is 0.417. The zero-order chi connectivity index (χ0) is 20.6. The van der Waals surface area contributed by atoms with Crippen molar-refractivity contribution in [3.63, 3.8) is 0 Å². The Balaban J connectivity index is 1.70. The molecule has 0 aliphatic carbocycles. The highest BCUT2D eigenvalue weighted by Crippen LogP contribution is 2.41. The Labute approximate surface area is 172 Å². The minimum atomic E-state index is -0.288. The van der Waals surface area contributed by atoms with Gasteiger partial charge in [0.25, 0.3) is 5.56 Å². The molecule has 4 rings (SSSR count). The van der Waals surface area contributed by atoms with E-state index in [1.165, 1.54) is 5.56 Å². The summed E-state index contributed by atoms with van der Waals surface area (Å²) in [6, 6.07) is 17.9. The average Bonchev–Trinajstić information content (AvgIpc) is 2.89. The van der Waals surface area contributed by atoms with Gasteiger partial charge in [-0.2, -0.15) is 0 Å². The third kappa shape index (κ3) is 4.26. The quantitative estimate of drug-likeness (QED) is 0.658. The van der Waals surface area contributed by atoms with Crippen molar-refractivity contribution in [1.82, 2.24) is 14.3 Å². The molecule has 1 aliphatic heterocycles. The van der Waals surface area contributed by atoms with E-state index in [1.807, 2.05) is 24.3 Å². The molecule has 29 heavy (non-hydrogen) atoms. The number of benzene rings is 1. The second kappa shape index (κ2) is 7.39. The number of aromatic nitrogens is 2. The molecule has 0 amide bonds. The molecule has 1 fully saturated rings. The Morgan fingerprint density at radius 2 is 1.79 bits per heavy atom. The molecule has 5 nitrogen and oxygen atoms in total. The van der Waals surface area contributed by atoms with Crippen molar-refractivity contribution in [1.29, 1.82) is 0 Å². The summed E-state index contributed by atoms with van der Waals surface area (Å²) in [5, 5.41) is 0. The molecule has 0 bridgehead atoms. The monoisotopic (exact) mass is 391 g/mol. The lowest BCUT2D eigenvalue weighted by Gasteiger charge is -2.36. The number of hydrogen-bond acceptors (Lipinski definition) is 4. The number of pyridine rings is 1. The van der Waals surface area contributed by atoms with Gasteiger partial charge in [0.1, 0.15) is 5.65 Å². The topological polar surface area (TPSA) is 46.8 Å². The second-order valence-electron chi connectivity index (χ2n) is 9.09. The first-order valence-electron chi connectivity index (χ1n) is 10.2. The lowest BCUT2D eigenvalue weighted by Crippen LogP contribution is -2.46. The zero-order valence-corrected chi connectivity index (χ0v) is 17.6. The van der Waals surface area contributed by atoms with Gasteiger partial charge in [-0.3, -0.25) is 14.1 Å². The summed E-state index contributed by atoms with van der Waals surface area (Å²) in [6.07, 6.45) is 2.69. The molecular weight excluding hydrogens is 362 g/mol. The summed E-state index contributed by atoms with van der Waals surface area (Å²) < 4.78 is 7.95. The van der Waals surface area contributed by atoms with E-state index in [2.05, 4.69) is 56.9 Å². The van der Waals surface area contributed by atoms with E-state index in [1.54, 1.807) is 16.7 Å². The first-order valence-corrected chi connectivity index (χ1v) is 10.2. The van der Waals surface area contributed by atoms with Gasteiger partial charge in [-0.25, -0.2) is 4.98 Å². The summed E-state index contributed by atoms with van der Waals surface area (Å²) >= 11 is 0. The molecule has 0 N–H and O–H groups in total. The molecular formula is C24H29N3O2. The molecule has 1 aromatic carbocycles. The number of nitrogens with zero attached hydrogens (tertiary/aromatic N) is 3. The minimum Gasteiger partial charge on any atom is -0.368 e. The Morgan fingerprint density at radius 3 is 2.48 bits per heavy atom. The third-order valence-electron chi connectivity index (χ3n) is 5.69. The zero-order valence-electron chi connectivity index (χ0n) is 17.6. The average molecular weight is 392 g/mol. The van der Waals surface area contributed by atoms with Crippen molar-refractivity contribution in [2.24, 2.45) is 0 Å². The van der Waals surface area contributed by atoms with Gasteiger partial charge < -0.3 is 4.74 Å². The van der Waals surface area contributed by atoms with Crippen LogP contribution in [0.3, 0.4) is 0 Å². The van der Waals surface area contributed by atoms with Crippen LogP contribution in [0.2, 0.25) is 0 Å². The lowest BCUT2D eigenvalue weighted by atomic mass is 9.92. The van der Waals surface area contributed by atoms with Crippen molar-refractivity contribution in [2.45, 2.75) is 64.4 Å². The molecule has 1 saturated heterocycles. The van der Waals surface area contributed by atoms with Gasteiger partial charge in [-0.15, -0.1) is 0 Å². The van der Waals surface area contributed by atoms with Crippen LogP contribution in [0.1, 0.15) is 45.4 Å². The molecule has 0 radical (unpaired) electrons. The summed E-state index contributed by atoms with van der Waals surface area (Å²) in [6.45, 7) is 10.00. The van der Waals surface area contributed by atoms with Gasteiger partial charge in [-0.1, -0.05) is 36.4 Å². The van der Waals surface area contributed by atoms with E-state index in [0.29, 0.717) is 12.2 Å². The van der Waals surface area contributed by atoms with Crippen molar-refractivity contribution >= 4 is 5.65 Å². The third-order valence-corrected chi connectivity index (χ3v) is 5.69. The summed E-state index contributed by atoms with van der Waals surface area (Å²) in [5.74, 6) is 0. The van der Waals surface area contributed by atoms with E-state index in [0.717, 1.165) is 18.7 Å². The van der Waals surface area contributed by atoms with Crippen LogP contribution in [0.4, 0.5) is 0 Å². The molecule has 5 heteroatoms. The van der Waals surface area contributed by atoms with Gasteiger partial charge >= 0.3 is 0 Å². The van der Waals surface area contributed by atoms with Gasteiger partial charge in [-0.05, 0) is 51.8 Å². The molecule has 0 spiro atoms. The standard InChI is InChI=1S/C24H29N3O2/c1-23(2)15-20(24(3,4)29-23)26(16-18-10-6-5-7-11-18)17-19-14-22(28)27-13-9-8-12-21(27)25-19/h5-14,20H,15-17H2,1-4H3/t20-/m0/s1. The highest BCUT2D eigenvalue weighted by atomic mass is 16.5. The van der Waals surface area contributed by atoms with Gasteiger partial charge in [0, 0.05) is 31.4 Å². The summed E-state index contributed by atoms with van der Waals surface area (Å²) in [7, 11) is 0. The molecule has 3 aromatic rings. The highest BCUT2D eigenvalue weighted by Gasteiger charge is 2.48. The SMILES string of the molecule is CC1(C)C[C@H](N(Cc2ccccc2)Cc2cc(=O)n3ccccc3n2)C(C)(C)O1. The molecule has 1 atom stereocenters. The van der Waals surface area contributed by atoms with Gasteiger partial charge in [0.2, 0.25) is 0 Å². The molecule has 0 unspecified atom stereocenters. The van der Waals surface area contributed by atoms with Crippen LogP contribution in [0.15, 0.2) is 65.6 Å². The number of ether oxygens (including phenoxy) is 1. The minimum absolute atomic E-state index is 0.0486. The van der Waals surface area contributed by atoms with E-state index in [-0.39, 0.29) is 22.8 Å². The maximum Gasteiger partial charge on any atom is 0.258 e. The maximum absolute atomic E-state index is 12.6. The molecule has 0 saturated carbocycles. The highest BCUT2D eigenvalue weighted by molar-refractivity contribution is 5.38. The van der Waals surface area contributed by atoms with E-state index in [9.17, 15) is 4.79 Å². The van der Waals surface area contributed by atoms with Crippen LogP contribution >= 0.6 is 0 Å². The Hall–Kier alpha value is -2.50. The first-order chi connectivity index (χ1) is 13.7. The first kappa shape index (κ1) is 19.8. The van der Waals surface area contributed by atoms with Crippen molar-refractivity contribution < 1.29 is 4.74 Å². The summed E-state index contributed by atoms with van der Waals surface area (Å²) in [5.41, 5.74) is 2.19. The van der Waals surface area contributed by atoms with Crippen LogP contribution in [0.5, 0.6) is 0 Å². The Morgan fingerprint density at radius 1 is 1.07 bits per heavy atom. The van der Waals surface area contributed by atoms with E-state index < -0.39 is 0 Å². The number of rotatable bonds is 5. The molecule has 152 valence electrons. The van der Waals surface area contributed by atoms with Crippen LogP contribution in [0.25, 0.3) is 5.65 Å². The van der Waals surface area contributed by atoms with E-state index >= 15 is 0 Å². The smallest absolute Gasteiger partial charge is 0.258 e. The maximum atomic E-state index is 12.6. The lowest BCUT2D eigenvalue weighted by molar-refractivity contribution is -0.0822. The van der Waals surface area contributed by atoms with Crippen LogP contribution in [-0.2, 0) is 17.8 Å².